The number of phosphoric acid groups is 1. The van der Waals surface area contributed by atoms with Crippen LogP contribution in [0.5, 0.6) is 0 Å². The Morgan fingerprint density at radius 3 is 1.50 bits per heavy atom. The number of ether oxygens (including phenoxy) is 2. The highest BCUT2D eigenvalue weighted by molar-refractivity contribution is 7.80. The molecule has 2 atom stereocenters. The van der Waals surface area contributed by atoms with Crippen LogP contribution in [0.15, 0.2) is 0 Å². The van der Waals surface area contributed by atoms with Crippen molar-refractivity contribution < 1.29 is 32.5 Å². The monoisotopic (exact) mass is 696 g/mol. The van der Waals surface area contributed by atoms with Gasteiger partial charge in [0, 0.05) is 13.7 Å². The van der Waals surface area contributed by atoms with Crippen molar-refractivity contribution >= 4 is 25.2 Å². The van der Waals surface area contributed by atoms with Crippen molar-refractivity contribution in [2.24, 2.45) is 0 Å². The van der Waals surface area contributed by atoms with Crippen molar-refractivity contribution in [3.63, 3.8) is 0 Å². The zero-order valence-electron chi connectivity index (χ0n) is 30.9. The fourth-order valence-electron chi connectivity index (χ4n) is 5.44. The van der Waals surface area contributed by atoms with Crippen LogP contribution in [-0.2, 0) is 23.1 Å². The maximum absolute atomic E-state index is 12.4. The quantitative estimate of drug-likeness (QED) is 0.0293. The first kappa shape index (κ1) is 45.7. The molecule has 0 spiro atoms. The predicted molar refractivity (Wildman–Crippen MR) is 198 cm³/mol. The Morgan fingerprint density at radius 1 is 0.652 bits per heavy atom. The molecule has 0 aliphatic carbocycles. The van der Waals surface area contributed by atoms with E-state index in [4.69, 9.17) is 30.7 Å². The van der Waals surface area contributed by atoms with Gasteiger partial charge in [-0.3, -0.25) is 9.05 Å². The summed E-state index contributed by atoms with van der Waals surface area (Å²) in [5, 5.41) is 2.96. The van der Waals surface area contributed by atoms with Crippen molar-refractivity contribution in [1.82, 2.24) is 5.32 Å². The van der Waals surface area contributed by atoms with Gasteiger partial charge in [0.15, 0.2) is 0 Å². The molecule has 0 aromatic carbocycles. The molecule has 46 heavy (non-hydrogen) atoms. The fraction of sp³-hybridized carbons (Fsp3) is 0.972. The van der Waals surface area contributed by atoms with E-state index < -0.39 is 13.9 Å². The molecule has 0 aliphatic rings. The first-order valence-corrected chi connectivity index (χ1v) is 20.9. The molecule has 0 fully saturated rings. The van der Waals surface area contributed by atoms with Gasteiger partial charge in [0.2, 0.25) is 0 Å². The molecule has 0 bridgehead atoms. The lowest BCUT2D eigenvalue weighted by molar-refractivity contribution is -0.870. The van der Waals surface area contributed by atoms with Gasteiger partial charge in [0.05, 0.1) is 47.5 Å². The lowest BCUT2D eigenvalue weighted by Gasteiger charge is -2.23. The molecule has 0 radical (unpaired) electrons. The van der Waals surface area contributed by atoms with E-state index in [2.05, 4.69) is 33.4 Å². The Hall–Kier alpha value is -0.280. The number of nitrogens with zero attached hydrogens (tertiary/aromatic N) is 1. The smallest absolute Gasteiger partial charge is 0.463 e. The SMILES string of the molecule is CCCCCCCCCCCCCCCCCCOCC(COP(=O)(O)OCCCCCCCCCC[N+](C)(C)C)OC(=S)NC. The lowest BCUT2D eigenvalue weighted by Crippen LogP contribution is -2.35. The van der Waals surface area contributed by atoms with Crippen molar-refractivity contribution in [1.29, 1.82) is 0 Å². The molecule has 10 heteroatoms. The summed E-state index contributed by atoms with van der Waals surface area (Å²) in [5.74, 6) is 0. The van der Waals surface area contributed by atoms with Gasteiger partial charge in [0.25, 0.3) is 5.17 Å². The summed E-state index contributed by atoms with van der Waals surface area (Å²) in [6.45, 7) is 4.42. The Kier molecular flexibility index (Phi) is 31.8. The van der Waals surface area contributed by atoms with E-state index in [0.29, 0.717) is 6.61 Å². The summed E-state index contributed by atoms with van der Waals surface area (Å²) in [4.78, 5) is 10.1. The molecule has 0 saturated carbocycles. The van der Waals surface area contributed by atoms with Gasteiger partial charge in [-0.15, -0.1) is 0 Å². The zero-order valence-corrected chi connectivity index (χ0v) is 32.6. The minimum absolute atomic E-state index is 0.136. The zero-order chi connectivity index (χ0) is 34.2. The first-order valence-electron chi connectivity index (χ1n) is 19.0. The number of hydrogen-bond donors (Lipinski definition) is 2. The van der Waals surface area contributed by atoms with Crippen LogP contribution in [0.2, 0.25) is 0 Å². The minimum atomic E-state index is -4.17. The van der Waals surface area contributed by atoms with Crippen LogP contribution in [0.4, 0.5) is 0 Å². The summed E-state index contributed by atoms with van der Waals surface area (Å²) in [6, 6.07) is 0. The van der Waals surface area contributed by atoms with Crippen LogP contribution in [0.25, 0.3) is 0 Å². The molecule has 0 amide bonds. The van der Waals surface area contributed by atoms with Crippen molar-refractivity contribution in [2.45, 2.75) is 167 Å². The Labute approximate surface area is 290 Å². The molecule has 2 N–H and O–H groups in total. The van der Waals surface area contributed by atoms with Crippen LogP contribution in [0.1, 0.15) is 161 Å². The normalized spacial score (nSPS) is 13.9. The third-order valence-electron chi connectivity index (χ3n) is 8.33. The van der Waals surface area contributed by atoms with Crippen LogP contribution in [0, 0.1) is 0 Å². The second-order valence-electron chi connectivity index (χ2n) is 14.1. The molecular formula is C36H76N2O6PS+. The summed E-state index contributed by atoms with van der Waals surface area (Å²) < 4.78 is 35.3. The van der Waals surface area contributed by atoms with Gasteiger partial charge in [-0.25, -0.2) is 4.57 Å². The molecule has 0 rings (SSSR count). The number of nitrogens with one attached hydrogen (secondary N) is 1. The highest BCUT2D eigenvalue weighted by atomic mass is 32.1. The van der Waals surface area contributed by atoms with E-state index in [9.17, 15) is 9.46 Å². The highest BCUT2D eigenvalue weighted by Gasteiger charge is 2.24. The third kappa shape index (κ3) is 35.0. The van der Waals surface area contributed by atoms with Crippen LogP contribution in [-0.4, -0.2) is 81.8 Å². The highest BCUT2D eigenvalue weighted by Crippen LogP contribution is 2.43. The largest absolute Gasteiger partial charge is 0.472 e. The van der Waals surface area contributed by atoms with E-state index >= 15 is 0 Å². The van der Waals surface area contributed by atoms with Crippen molar-refractivity contribution in [3.8, 4) is 0 Å². The second kappa shape index (κ2) is 32.0. The van der Waals surface area contributed by atoms with Gasteiger partial charge in [0.1, 0.15) is 6.10 Å². The maximum Gasteiger partial charge on any atom is 0.472 e. The summed E-state index contributed by atoms with van der Waals surface area (Å²) in [6.07, 6.45) is 29.9. The summed E-state index contributed by atoms with van der Waals surface area (Å²) >= 11 is 5.12. The van der Waals surface area contributed by atoms with E-state index in [1.807, 2.05) is 0 Å². The van der Waals surface area contributed by atoms with Crippen molar-refractivity contribution in [3.05, 3.63) is 0 Å². The first-order chi connectivity index (χ1) is 22.1. The molecule has 2 unspecified atom stereocenters. The number of hydrogen-bond acceptors (Lipinski definition) is 6. The average Bonchev–Trinajstić information content (AvgIpc) is 3.01. The van der Waals surface area contributed by atoms with Crippen molar-refractivity contribution in [2.75, 3.05) is 61.2 Å². The van der Waals surface area contributed by atoms with Crippen LogP contribution in [0.3, 0.4) is 0 Å². The predicted octanol–water partition coefficient (Wildman–Crippen LogP) is 10.1. The van der Waals surface area contributed by atoms with Gasteiger partial charge in [-0.1, -0.05) is 135 Å². The maximum atomic E-state index is 12.4. The number of phosphoric ester groups is 1. The Bertz CT molecular complexity index is 725. The number of unbranched alkanes of at least 4 members (excludes halogenated alkanes) is 22. The van der Waals surface area contributed by atoms with Gasteiger partial charge in [-0.2, -0.15) is 0 Å². The summed E-state index contributed by atoms with van der Waals surface area (Å²) in [7, 11) is 4.22. The van der Waals surface area contributed by atoms with E-state index in [1.165, 1.54) is 129 Å². The lowest BCUT2D eigenvalue weighted by atomic mass is 10.0. The molecule has 0 heterocycles. The molecular weight excluding hydrogens is 619 g/mol. The Balaban J connectivity index is 3.82. The molecule has 0 aliphatic heterocycles. The molecule has 276 valence electrons. The average molecular weight is 696 g/mol. The fourth-order valence-corrected chi connectivity index (χ4v) is 6.36. The molecule has 0 aromatic heterocycles. The number of rotatable bonds is 35. The van der Waals surface area contributed by atoms with Crippen LogP contribution < -0.4 is 5.32 Å². The summed E-state index contributed by atoms with van der Waals surface area (Å²) in [5.41, 5.74) is 0. The van der Waals surface area contributed by atoms with Gasteiger partial charge >= 0.3 is 7.82 Å². The van der Waals surface area contributed by atoms with E-state index in [0.717, 1.165) is 36.6 Å². The second-order valence-corrected chi connectivity index (χ2v) is 15.9. The van der Waals surface area contributed by atoms with E-state index in [-0.39, 0.29) is 25.0 Å². The molecule has 8 nitrogen and oxygen atoms in total. The standard InChI is InChI=1S/C36H75N2O6PS/c1-6-7-8-9-10-11-12-13-14-15-16-17-19-22-25-28-31-41-33-35(44-36(46)37-2)34-43-45(39,40)42-32-29-26-23-20-18-21-24-27-30-38(3,4)5/h35H,6-34H2,1-5H3,(H-,37,39,40,46)/p+1. The number of quaternary nitrogens is 1. The van der Waals surface area contributed by atoms with Crippen LogP contribution >= 0.6 is 20.0 Å². The van der Waals surface area contributed by atoms with Gasteiger partial charge in [-0.05, 0) is 37.9 Å². The van der Waals surface area contributed by atoms with Gasteiger partial charge < -0.3 is 24.2 Å². The Morgan fingerprint density at radius 2 is 1.07 bits per heavy atom. The number of thiocarbonyl (C=S) groups is 1. The minimum Gasteiger partial charge on any atom is -0.463 e. The topological polar surface area (TPSA) is 86.3 Å². The molecule has 0 saturated heterocycles. The molecule has 0 aromatic rings. The van der Waals surface area contributed by atoms with E-state index in [1.54, 1.807) is 7.05 Å². The third-order valence-corrected chi connectivity index (χ3v) is 9.61.